The van der Waals surface area contributed by atoms with Gasteiger partial charge in [-0.2, -0.15) is 0 Å². The number of morpholine rings is 1. The van der Waals surface area contributed by atoms with Crippen LogP contribution in [0.25, 0.3) is 0 Å². The van der Waals surface area contributed by atoms with E-state index in [1.165, 1.54) is 4.90 Å². The SMILES string of the molecule is CC[C@@H]1C[C@H]1NS(=O)(=O)CC1CN(C(=O)OC(C)(C)C)CCO1. The minimum atomic E-state index is -3.40. The second kappa shape index (κ2) is 6.94. The van der Waals surface area contributed by atoms with E-state index in [2.05, 4.69) is 11.6 Å². The molecule has 8 heteroatoms. The van der Waals surface area contributed by atoms with E-state index in [1.54, 1.807) is 20.8 Å². The van der Waals surface area contributed by atoms with Gasteiger partial charge in [0.2, 0.25) is 10.0 Å². The molecule has 1 saturated heterocycles. The maximum absolute atomic E-state index is 12.2. The summed E-state index contributed by atoms with van der Waals surface area (Å²) in [5.74, 6) is 0.328. The highest BCUT2D eigenvalue weighted by Gasteiger charge is 2.39. The van der Waals surface area contributed by atoms with Gasteiger partial charge in [-0.3, -0.25) is 0 Å². The van der Waals surface area contributed by atoms with Gasteiger partial charge in [-0.1, -0.05) is 13.3 Å². The Hall–Kier alpha value is -0.860. The van der Waals surface area contributed by atoms with E-state index in [-0.39, 0.29) is 18.3 Å². The molecule has 2 rings (SSSR count). The fraction of sp³-hybridized carbons (Fsp3) is 0.933. The number of carbonyl (C=O) groups excluding carboxylic acids is 1. The van der Waals surface area contributed by atoms with Gasteiger partial charge in [-0.15, -0.1) is 0 Å². The highest BCUT2D eigenvalue weighted by atomic mass is 32.2. The predicted octanol–water partition coefficient (Wildman–Crippen LogP) is 1.34. The number of rotatable bonds is 5. The fourth-order valence-corrected chi connectivity index (χ4v) is 4.22. The molecule has 2 aliphatic rings. The minimum absolute atomic E-state index is 0.0653. The molecule has 23 heavy (non-hydrogen) atoms. The van der Waals surface area contributed by atoms with Crippen LogP contribution in [0.5, 0.6) is 0 Å². The first-order chi connectivity index (χ1) is 10.6. The summed E-state index contributed by atoms with van der Waals surface area (Å²) in [5.41, 5.74) is -0.570. The Kier molecular flexibility index (Phi) is 5.58. The van der Waals surface area contributed by atoms with Crippen LogP contribution in [0.1, 0.15) is 40.5 Å². The summed E-state index contributed by atoms with van der Waals surface area (Å²) in [7, 11) is -3.40. The molecule has 0 spiro atoms. The fourth-order valence-electron chi connectivity index (χ4n) is 2.68. The predicted molar refractivity (Wildman–Crippen MR) is 86.7 cm³/mol. The molecule has 0 aromatic carbocycles. The van der Waals surface area contributed by atoms with Crippen LogP contribution < -0.4 is 4.72 Å². The molecule has 1 N–H and O–H groups in total. The van der Waals surface area contributed by atoms with Gasteiger partial charge in [0, 0.05) is 12.6 Å². The average Bonchev–Trinajstić information content (AvgIpc) is 3.13. The molecule has 134 valence electrons. The minimum Gasteiger partial charge on any atom is -0.444 e. The van der Waals surface area contributed by atoms with E-state index in [1.807, 2.05) is 0 Å². The van der Waals surface area contributed by atoms with Crippen molar-refractivity contribution in [3.63, 3.8) is 0 Å². The van der Waals surface area contributed by atoms with Crippen molar-refractivity contribution < 1.29 is 22.7 Å². The van der Waals surface area contributed by atoms with Crippen molar-refractivity contribution >= 4 is 16.1 Å². The Morgan fingerprint density at radius 1 is 1.39 bits per heavy atom. The third kappa shape index (κ3) is 5.93. The van der Waals surface area contributed by atoms with Crippen LogP contribution in [0.15, 0.2) is 0 Å². The van der Waals surface area contributed by atoms with E-state index in [4.69, 9.17) is 9.47 Å². The van der Waals surface area contributed by atoms with E-state index in [9.17, 15) is 13.2 Å². The molecule has 1 aliphatic heterocycles. The first-order valence-corrected chi connectivity index (χ1v) is 9.84. The molecular formula is C15H28N2O5S. The van der Waals surface area contributed by atoms with Crippen molar-refractivity contribution in [2.45, 2.75) is 58.3 Å². The molecule has 0 aromatic rings. The van der Waals surface area contributed by atoms with Crippen LogP contribution in [0, 0.1) is 5.92 Å². The standard InChI is InChI=1S/C15H28N2O5S/c1-5-11-8-13(11)16-23(19,20)10-12-9-17(6-7-21-12)14(18)22-15(2,3)4/h11-13,16H,5-10H2,1-4H3/t11-,12?,13-/m1/s1. The van der Waals surface area contributed by atoms with E-state index in [0.717, 1.165) is 12.8 Å². The second-order valence-corrected chi connectivity index (χ2v) is 9.13. The molecule has 0 bridgehead atoms. The van der Waals surface area contributed by atoms with E-state index < -0.39 is 27.8 Å². The average molecular weight is 348 g/mol. The smallest absolute Gasteiger partial charge is 0.410 e. The first-order valence-electron chi connectivity index (χ1n) is 8.19. The molecule has 0 aromatic heterocycles. The molecule has 7 nitrogen and oxygen atoms in total. The van der Waals surface area contributed by atoms with Gasteiger partial charge in [0.1, 0.15) is 5.60 Å². The lowest BCUT2D eigenvalue weighted by Crippen LogP contribution is -2.50. The summed E-state index contributed by atoms with van der Waals surface area (Å²) in [6.45, 7) is 8.43. The van der Waals surface area contributed by atoms with Crippen molar-refractivity contribution in [3.05, 3.63) is 0 Å². The maximum atomic E-state index is 12.2. The van der Waals surface area contributed by atoms with Gasteiger partial charge in [-0.25, -0.2) is 17.9 Å². The van der Waals surface area contributed by atoms with Crippen LogP contribution in [0.3, 0.4) is 0 Å². The number of sulfonamides is 1. The largest absolute Gasteiger partial charge is 0.444 e. The van der Waals surface area contributed by atoms with Crippen LogP contribution in [-0.4, -0.2) is 62.6 Å². The van der Waals surface area contributed by atoms with E-state index >= 15 is 0 Å². The zero-order valence-electron chi connectivity index (χ0n) is 14.4. The number of hydrogen-bond acceptors (Lipinski definition) is 5. The Bertz CT molecular complexity index is 528. The summed E-state index contributed by atoms with van der Waals surface area (Å²) < 4.78 is 37.9. The molecule has 1 aliphatic carbocycles. The molecule has 1 amide bonds. The van der Waals surface area contributed by atoms with Gasteiger partial charge in [0.05, 0.1) is 25.0 Å². The third-order valence-electron chi connectivity index (χ3n) is 3.97. The highest BCUT2D eigenvalue weighted by Crippen LogP contribution is 2.33. The Morgan fingerprint density at radius 3 is 2.65 bits per heavy atom. The van der Waals surface area contributed by atoms with Gasteiger partial charge >= 0.3 is 6.09 Å². The zero-order chi connectivity index (χ0) is 17.3. The number of carbonyl (C=O) groups is 1. The van der Waals surface area contributed by atoms with Crippen molar-refractivity contribution in [3.8, 4) is 0 Å². The lowest BCUT2D eigenvalue weighted by atomic mass is 10.2. The lowest BCUT2D eigenvalue weighted by molar-refractivity contribution is -0.0343. The topological polar surface area (TPSA) is 84.9 Å². The van der Waals surface area contributed by atoms with Crippen molar-refractivity contribution in [1.82, 2.24) is 9.62 Å². The van der Waals surface area contributed by atoms with Gasteiger partial charge in [0.15, 0.2) is 0 Å². The monoisotopic (exact) mass is 348 g/mol. The Labute approximate surface area is 138 Å². The summed E-state index contributed by atoms with van der Waals surface area (Å²) in [6.07, 6.45) is 0.946. The summed E-state index contributed by atoms with van der Waals surface area (Å²) >= 11 is 0. The number of amides is 1. The third-order valence-corrected chi connectivity index (χ3v) is 5.45. The molecule has 0 radical (unpaired) electrons. The van der Waals surface area contributed by atoms with Crippen LogP contribution in [0.2, 0.25) is 0 Å². The highest BCUT2D eigenvalue weighted by molar-refractivity contribution is 7.89. The number of nitrogens with zero attached hydrogens (tertiary/aromatic N) is 1. The van der Waals surface area contributed by atoms with Crippen LogP contribution >= 0.6 is 0 Å². The molecule has 1 unspecified atom stereocenters. The quantitative estimate of drug-likeness (QED) is 0.810. The molecule has 3 atom stereocenters. The van der Waals surface area contributed by atoms with Crippen LogP contribution in [-0.2, 0) is 19.5 Å². The Morgan fingerprint density at radius 2 is 2.09 bits per heavy atom. The zero-order valence-corrected chi connectivity index (χ0v) is 15.2. The molecule has 2 fully saturated rings. The Balaban J connectivity index is 1.85. The second-order valence-electron chi connectivity index (χ2n) is 7.33. The van der Waals surface area contributed by atoms with Gasteiger partial charge in [0.25, 0.3) is 0 Å². The normalized spacial score (nSPS) is 28.5. The molecule has 1 heterocycles. The van der Waals surface area contributed by atoms with Crippen molar-refractivity contribution in [2.24, 2.45) is 5.92 Å². The van der Waals surface area contributed by atoms with E-state index in [0.29, 0.717) is 19.1 Å². The van der Waals surface area contributed by atoms with Crippen LogP contribution in [0.4, 0.5) is 4.79 Å². The number of hydrogen-bond donors (Lipinski definition) is 1. The number of ether oxygens (including phenoxy) is 2. The summed E-state index contributed by atoms with van der Waals surface area (Å²) in [6, 6.07) is 0.0653. The summed E-state index contributed by atoms with van der Waals surface area (Å²) in [4.78, 5) is 13.6. The van der Waals surface area contributed by atoms with Gasteiger partial charge in [-0.05, 0) is 33.1 Å². The number of nitrogens with one attached hydrogen (secondary N) is 1. The van der Waals surface area contributed by atoms with Crippen molar-refractivity contribution in [1.29, 1.82) is 0 Å². The lowest BCUT2D eigenvalue weighted by Gasteiger charge is -2.34. The molecule has 1 saturated carbocycles. The van der Waals surface area contributed by atoms with Crippen molar-refractivity contribution in [2.75, 3.05) is 25.4 Å². The molecular weight excluding hydrogens is 320 g/mol. The summed E-state index contributed by atoms with van der Waals surface area (Å²) in [5, 5.41) is 0. The maximum Gasteiger partial charge on any atom is 0.410 e. The van der Waals surface area contributed by atoms with Gasteiger partial charge < -0.3 is 14.4 Å². The first kappa shape index (κ1) is 18.5.